The Bertz CT molecular complexity index is 494. The van der Waals surface area contributed by atoms with Crippen molar-refractivity contribution in [2.75, 3.05) is 24.5 Å². The van der Waals surface area contributed by atoms with E-state index in [1.807, 2.05) is 24.3 Å². The number of fused-ring (bicyclic) bond motifs is 1. The van der Waals surface area contributed by atoms with Gasteiger partial charge in [-0.15, -0.1) is 0 Å². The molecule has 1 aromatic rings. The lowest BCUT2D eigenvalue weighted by Gasteiger charge is -2.25. The van der Waals surface area contributed by atoms with E-state index in [1.165, 1.54) is 5.56 Å². The normalized spacial score (nSPS) is 18.1. The van der Waals surface area contributed by atoms with Crippen molar-refractivity contribution in [3.05, 3.63) is 29.8 Å². The number of para-hydroxylation sites is 1. The van der Waals surface area contributed by atoms with E-state index >= 15 is 0 Å². The van der Waals surface area contributed by atoms with E-state index in [2.05, 4.69) is 28.5 Å². The lowest BCUT2D eigenvalue weighted by molar-refractivity contribution is -0.119. The van der Waals surface area contributed by atoms with Gasteiger partial charge in [0.1, 0.15) is 6.54 Å². The van der Waals surface area contributed by atoms with Gasteiger partial charge in [0.25, 0.3) is 0 Å². The Kier molecular flexibility index (Phi) is 4.37. The number of carbonyl (C=O) groups is 1. The van der Waals surface area contributed by atoms with Crippen LogP contribution in [0, 0.1) is 11.3 Å². The van der Waals surface area contributed by atoms with Crippen molar-refractivity contribution in [3.63, 3.8) is 0 Å². The van der Waals surface area contributed by atoms with Gasteiger partial charge in [0.05, 0.1) is 12.6 Å². The molecule has 100 valence electrons. The second-order valence-corrected chi connectivity index (χ2v) is 4.73. The average Bonchev–Trinajstić information content (AvgIpc) is 2.57. The van der Waals surface area contributed by atoms with Crippen LogP contribution in [0.3, 0.4) is 0 Å². The molecule has 19 heavy (non-hydrogen) atoms. The third-order valence-corrected chi connectivity index (χ3v) is 3.17. The molecule has 1 aliphatic rings. The van der Waals surface area contributed by atoms with Crippen LogP contribution >= 0.6 is 0 Å². The van der Waals surface area contributed by atoms with Gasteiger partial charge in [-0.05, 0) is 18.6 Å². The number of rotatable bonds is 3. The number of amides is 1. The first-order chi connectivity index (χ1) is 9.20. The molecule has 1 amide bonds. The number of carbonyl (C=O) groups excluding carboxylic acids is 1. The van der Waals surface area contributed by atoms with Crippen molar-refractivity contribution in [1.29, 1.82) is 5.26 Å². The van der Waals surface area contributed by atoms with Gasteiger partial charge in [-0.25, -0.2) is 0 Å². The van der Waals surface area contributed by atoms with Crippen LogP contribution in [-0.2, 0) is 11.3 Å². The van der Waals surface area contributed by atoms with Crippen molar-refractivity contribution in [2.45, 2.75) is 19.5 Å². The molecule has 0 radical (unpaired) electrons. The minimum Gasteiger partial charge on any atom is -0.360 e. The Morgan fingerprint density at radius 2 is 2.37 bits per heavy atom. The number of nitriles is 1. The quantitative estimate of drug-likeness (QED) is 0.780. The Labute approximate surface area is 113 Å². The summed E-state index contributed by atoms with van der Waals surface area (Å²) in [4.78, 5) is 13.8. The minimum atomic E-state index is -0.120. The van der Waals surface area contributed by atoms with Gasteiger partial charge in [0.15, 0.2) is 0 Å². The number of hydrogen-bond acceptors (Lipinski definition) is 4. The summed E-state index contributed by atoms with van der Waals surface area (Å²) in [5.74, 6) is -0.120. The van der Waals surface area contributed by atoms with Gasteiger partial charge in [0, 0.05) is 24.8 Å². The summed E-state index contributed by atoms with van der Waals surface area (Å²) >= 11 is 0. The first-order valence-electron chi connectivity index (χ1n) is 6.40. The van der Waals surface area contributed by atoms with Gasteiger partial charge >= 0.3 is 0 Å². The summed E-state index contributed by atoms with van der Waals surface area (Å²) in [7, 11) is 0. The molecule has 1 unspecified atom stereocenters. The molecular weight excluding hydrogens is 240 g/mol. The van der Waals surface area contributed by atoms with E-state index in [0.717, 1.165) is 18.8 Å². The molecule has 0 fully saturated rings. The molecule has 5 nitrogen and oxygen atoms in total. The number of benzene rings is 1. The van der Waals surface area contributed by atoms with Gasteiger partial charge in [-0.3, -0.25) is 4.79 Å². The Balaban J connectivity index is 2.13. The van der Waals surface area contributed by atoms with Gasteiger partial charge < -0.3 is 15.5 Å². The third-order valence-electron chi connectivity index (χ3n) is 3.17. The van der Waals surface area contributed by atoms with Gasteiger partial charge in [-0.1, -0.05) is 18.2 Å². The zero-order valence-corrected chi connectivity index (χ0v) is 11.0. The predicted molar refractivity (Wildman–Crippen MR) is 73.6 cm³/mol. The standard InChI is InChI=1S/C14H18N4O/c1-11-9-18(10-14(19)16-7-6-15)13-5-3-2-4-12(13)8-17-11/h2-5,11,17H,7-10H2,1H3,(H,16,19). The smallest absolute Gasteiger partial charge is 0.240 e. The molecule has 1 atom stereocenters. The van der Waals surface area contributed by atoms with E-state index in [4.69, 9.17) is 5.26 Å². The monoisotopic (exact) mass is 258 g/mol. The second kappa shape index (κ2) is 6.21. The number of nitrogens with zero attached hydrogens (tertiary/aromatic N) is 2. The van der Waals surface area contributed by atoms with Crippen LogP contribution in [0.15, 0.2) is 24.3 Å². The lowest BCUT2D eigenvalue weighted by atomic mass is 10.1. The summed E-state index contributed by atoms with van der Waals surface area (Å²) in [6, 6.07) is 10.3. The van der Waals surface area contributed by atoms with Crippen LogP contribution in [0.4, 0.5) is 5.69 Å². The summed E-state index contributed by atoms with van der Waals surface area (Å²) in [6.07, 6.45) is 0. The van der Waals surface area contributed by atoms with E-state index in [9.17, 15) is 4.79 Å². The van der Waals surface area contributed by atoms with Crippen molar-refractivity contribution in [2.24, 2.45) is 0 Å². The van der Waals surface area contributed by atoms with Crippen molar-refractivity contribution in [3.8, 4) is 6.07 Å². The van der Waals surface area contributed by atoms with Crippen LogP contribution < -0.4 is 15.5 Å². The fourth-order valence-electron chi connectivity index (χ4n) is 2.26. The van der Waals surface area contributed by atoms with Crippen LogP contribution in [0.25, 0.3) is 0 Å². The van der Waals surface area contributed by atoms with E-state index in [1.54, 1.807) is 0 Å². The number of nitrogens with one attached hydrogen (secondary N) is 2. The molecule has 0 saturated carbocycles. The highest BCUT2D eigenvalue weighted by atomic mass is 16.2. The second-order valence-electron chi connectivity index (χ2n) is 4.73. The third kappa shape index (κ3) is 3.46. The van der Waals surface area contributed by atoms with Crippen LogP contribution in [-0.4, -0.2) is 31.6 Å². The first kappa shape index (κ1) is 13.4. The molecule has 0 aromatic heterocycles. The van der Waals surface area contributed by atoms with Crippen LogP contribution in [0.1, 0.15) is 12.5 Å². The minimum absolute atomic E-state index is 0.0577. The highest BCUT2D eigenvalue weighted by molar-refractivity contribution is 5.82. The fourth-order valence-corrected chi connectivity index (χ4v) is 2.26. The molecule has 0 spiro atoms. The molecule has 0 aliphatic carbocycles. The Hall–Kier alpha value is -2.06. The summed E-state index contributed by atoms with van der Waals surface area (Å²) in [6.45, 7) is 4.03. The molecule has 1 heterocycles. The van der Waals surface area contributed by atoms with Crippen LogP contribution in [0.5, 0.6) is 0 Å². The maximum atomic E-state index is 11.8. The summed E-state index contributed by atoms with van der Waals surface area (Å²) < 4.78 is 0. The zero-order valence-electron chi connectivity index (χ0n) is 11.0. The van der Waals surface area contributed by atoms with Crippen molar-refractivity contribution < 1.29 is 4.79 Å². The zero-order chi connectivity index (χ0) is 13.7. The van der Waals surface area contributed by atoms with Gasteiger partial charge in [-0.2, -0.15) is 5.26 Å². The number of anilines is 1. The molecule has 0 bridgehead atoms. The highest BCUT2D eigenvalue weighted by Crippen LogP contribution is 2.22. The van der Waals surface area contributed by atoms with Crippen molar-refractivity contribution in [1.82, 2.24) is 10.6 Å². The predicted octanol–water partition coefficient (Wildman–Crippen LogP) is 0.624. The molecule has 2 N–H and O–H groups in total. The maximum Gasteiger partial charge on any atom is 0.240 e. The van der Waals surface area contributed by atoms with E-state index in [-0.39, 0.29) is 19.0 Å². The van der Waals surface area contributed by atoms with E-state index in [0.29, 0.717) is 6.04 Å². The SMILES string of the molecule is CC1CN(CC(=O)NCC#N)c2ccccc2CN1. The Morgan fingerprint density at radius 3 is 3.16 bits per heavy atom. The van der Waals surface area contributed by atoms with Crippen molar-refractivity contribution >= 4 is 11.6 Å². The molecular formula is C14H18N4O. The fraction of sp³-hybridized carbons (Fsp3) is 0.429. The Morgan fingerprint density at radius 1 is 1.58 bits per heavy atom. The molecule has 5 heteroatoms. The molecule has 1 aliphatic heterocycles. The maximum absolute atomic E-state index is 11.8. The average molecular weight is 258 g/mol. The molecule has 2 rings (SSSR count). The molecule has 0 saturated heterocycles. The van der Waals surface area contributed by atoms with Gasteiger partial charge in [0.2, 0.25) is 5.91 Å². The number of hydrogen-bond donors (Lipinski definition) is 2. The summed E-state index contributed by atoms with van der Waals surface area (Å²) in [5.41, 5.74) is 2.28. The van der Waals surface area contributed by atoms with E-state index < -0.39 is 0 Å². The topological polar surface area (TPSA) is 68.2 Å². The molecule has 1 aromatic carbocycles. The lowest BCUT2D eigenvalue weighted by Crippen LogP contribution is -2.42. The first-order valence-corrected chi connectivity index (χ1v) is 6.40. The largest absolute Gasteiger partial charge is 0.360 e. The summed E-state index contributed by atoms with van der Waals surface area (Å²) in [5, 5.41) is 14.5. The van der Waals surface area contributed by atoms with Crippen LogP contribution in [0.2, 0.25) is 0 Å². The highest BCUT2D eigenvalue weighted by Gasteiger charge is 2.20.